The second-order valence-corrected chi connectivity index (χ2v) is 5.99. The van der Waals surface area contributed by atoms with Gasteiger partial charge in [-0.15, -0.1) is 0 Å². The lowest BCUT2D eigenvalue weighted by atomic mass is 10.1. The Hall–Kier alpha value is -2.41. The zero-order valence-electron chi connectivity index (χ0n) is 13.7. The highest BCUT2D eigenvalue weighted by molar-refractivity contribution is 5.88. The molecule has 2 amide bonds. The molecule has 7 nitrogen and oxygen atoms in total. The summed E-state index contributed by atoms with van der Waals surface area (Å²) in [6.07, 6.45) is 5.42. The summed E-state index contributed by atoms with van der Waals surface area (Å²) in [5.41, 5.74) is 1.07. The SMILES string of the molecule is Cc1ccnc(NC(=O)N2CCN(C)C(c3nccn3C)C2)c1. The Morgan fingerprint density at radius 3 is 2.78 bits per heavy atom. The van der Waals surface area contributed by atoms with Crippen molar-refractivity contribution in [1.82, 2.24) is 24.3 Å². The quantitative estimate of drug-likeness (QED) is 0.915. The number of aromatic nitrogens is 3. The second-order valence-electron chi connectivity index (χ2n) is 5.99. The Balaban J connectivity index is 1.71. The van der Waals surface area contributed by atoms with E-state index in [0.29, 0.717) is 18.9 Å². The van der Waals surface area contributed by atoms with E-state index in [1.165, 1.54) is 0 Å². The number of hydrogen-bond donors (Lipinski definition) is 1. The third-order valence-corrected chi connectivity index (χ3v) is 4.24. The first-order valence-electron chi connectivity index (χ1n) is 7.70. The van der Waals surface area contributed by atoms with Crippen molar-refractivity contribution in [2.24, 2.45) is 7.05 Å². The molecule has 7 heteroatoms. The van der Waals surface area contributed by atoms with Crippen LogP contribution in [0, 0.1) is 6.92 Å². The van der Waals surface area contributed by atoms with Gasteiger partial charge in [0.25, 0.3) is 0 Å². The van der Waals surface area contributed by atoms with Crippen LogP contribution in [0.5, 0.6) is 0 Å². The van der Waals surface area contributed by atoms with Crippen LogP contribution in [0.25, 0.3) is 0 Å². The monoisotopic (exact) mass is 314 g/mol. The number of piperazine rings is 1. The smallest absolute Gasteiger partial charge is 0.323 e. The molecule has 0 aliphatic carbocycles. The third-order valence-electron chi connectivity index (χ3n) is 4.24. The van der Waals surface area contributed by atoms with Gasteiger partial charge in [-0.25, -0.2) is 14.8 Å². The van der Waals surface area contributed by atoms with Crippen molar-refractivity contribution in [2.45, 2.75) is 13.0 Å². The number of carbonyl (C=O) groups is 1. The Bertz CT molecular complexity index is 697. The summed E-state index contributed by atoms with van der Waals surface area (Å²) in [6.45, 7) is 4.09. The van der Waals surface area contributed by atoms with E-state index in [0.717, 1.165) is 17.9 Å². The third kappa shape index (κ3) is 3.34. The lowest BCUT2D eigenvalue weighted by Gasteiger charge is -2.38. The largest absolute Gasteiger partial charge is 0.337 e. The molecule has 0 bridgehead atoms. The minimum absolute atomic E-state index is 0.0972. The zero-order chi connectivity index (χ0) is 16.4. The summed E-state index contributed by atoms with van der Waals surface area (Å²) >= 11 is 0. The maximum atomic E-state index is 12.5. The molecular formula is C16H22N6O. The van der Waals surface area contributed by atoms with E-state index < -0.39 is 0 Å². The van der Waals surface area contributed by atoms with Gasteiger partial charge in [-0.3, -0.25) is 10.2 Å². The molecule has 3 rings (SSSR count). The molecule has 3 heterocycles. The molecule has 2 aromatic rings. The lowest BCUT2D eigenvalue weighted by Crippen LogP contribution is -2.50. The molecule has 1 unspecified atom stereocenters. The highest BCUT2D eigenvalue weighted by Crippen LogP contribution is 2.22. The van der Waals surface area contributed by atoms with Crippen LogP contribution in [-0.2, 0) is 7.05 Å². The van der Waals surface area contributed by atoms with E-state index in [4.69, 9.17) is 0 Å². The van der Waals surface area contributed by atoms with E-state index in [9.17, 15) is 4.79 Å². The molecule has 0 saturated carbocycles. The number of nitrogens with zero attached hydrogens (tertiary/aromatic N) is 5. The van der Waals surface area contributed by atoms with E-state index in [1.807, 2.05) is 41.8 Å². The zero-order valence-corrected chi connectivity index (χ0v) is 13.7. The van der Waals surface area contributed by atoms with Crippen LogP contribution in [0.3, 0.4) is 0 Å². The van der Waals surface area contributed by atoms with Gasteiger partial charge < -0.3 is 9.47 Å². The van der Waals surface area contributed by atoms with Crippen molar-refractivity contribution in [2.75, 3.05) is 32.0 Å². The van der Waals surface area contributed by atoms with Crippen LogP contribution < -0.4 is 5.32 Å². The van der Waals surface area contributed by atoms with Gasteiger partial charge in [-0.05, 0) is 31.7 Å². The summed E-state index contributed by atoms with van der Waals surface area (Å²) in [5.74, 6) is 1.56. The summed E-state index contributed by atoms with van der Waals surface area (Å²) < 4.78 is 2.00. The molecule has 122 valence electrons. The van der Waals surface area contributed by atoms with E-state index >= 15 is 0 Å². The minimum atomic E-state index is -0.115. The van der Waals surface area contributed by atoms with Gasteiger partial charge in [-0.2, -0.15) is 0 Å². The Morgan fingerprint density at radius 1 is 1.26 bits per heavy atom. The summed E-state index contributed by atoms with van der Waals surface area (Å²) in [4.78, 5) is 25.2. The minimum Gasteiger partial charge on any atom is -0.337 e. The number of hydrogen-bond acceptors (Lipinski definition) is 4. The molecule has 1 saturated heterocycles. The van der Waals surface area contributed by atoms with Crippen LogP contribution in [-0.4, -0.2) is 57.0 Å². The number of carbonyl (C=O) groups excluding carboxylic acids is 1. The number of likely N-dealkylation sites (N-methyl/N-ethyl adjacent to an activating group) is 1. The number of amides is 2. The molecule has 1 atom stereocenters. The normalized spacial score (nSPS) is 18.9. The van der Waals surface area contributed by atoms with Crippen molar-refractivity contribution >= 4 is 11.8 Å². The van der Waals surface area contributed by atoms with Gasteiger partial charge in [0.1, 0.15) is 11.6 Å². The summed E-state index contributed by atoms with van der Waals surface area (Å²) in [5, 5.41) is 2.88. The van der Waals surface area contributed by atoms with E-state index in [1.54, 1.807) is 12.4 Å². The average Bonchev–Trinajstić information content (AvgIpc) is 2.93. The first-order chi connectivity index (χ1) is 11.0. The molecule has 23 heavy (non-hydrogen) atoms. The van der Waals surface area contributed by atoms with Gasteiger partial charge in [0.2, 0.25) is 0 Å². The number of urea groups is 1. The number of aryl methyl sites for hydroxylation is 2. The van der Waals surface area contributed by atoms with Crippen molar-refractivity contribution < 1.29 is 4.79 Å². The fourth-order valence-corrected chi connectivity index (χ4v) is 2.83. The highest BCUT2D eigenvalue weighted by Gasteiger charge is 2.30. The van der Waals surface area contributed by atoms with Gasteiger partial charge >= 0.3 is 6.03 Å². The fraction of sp³-hybridized carbons (Fsp3) is 0.438. The van der Waals surface area contributed by atoms with Crippen molar-refractivity contribution in [3.8, 4) is 0 Å². The predicted octanol–water partition coefficient (Wildman–Crippen LogP) is 1.64. The molecule has 0 spiro atoms. The highest BCUT2D eigenvalue weighted by atomic mass is 16.2. The Labute approximate surface area is 135 Å². The van der Waals surface area contributed by atoms with Crippen LogP contribution in [0.1, 0.15) is 17.4 Å². The van der Waals surface area contributed by atoms with Crippen LogP contribution in [0.15, 0.2) is 30.7 Å². The summed E-state index contributed by atoms with van der Waals surface area (Å²) in [7, 11) is 4.04. The molecule has 2 aromatic heterocycles. The molecule has 0 radical (unpaired) electrons. The average molecular weight is 314 g/mol. The Kier molecular flexibility index (Phi) is 4.29. The first kappa shape index (κ1) is 15.5. The molecule has 1 fully saturated rings. The second kappa shape index (κ2) is 6.37. The standard InChI is InChI=1S/C16H22N6O/c1-12-4-5-17-14(10-12)19-16(23)22-9-8-20(2)13(11-22)15-18-6-7-21(15)3/h4-7,10,13H,8-9,11H2,1-3H3,(H,17,19,23). The van der Waals surface area contributed by atoms with Crippen molar-refractivity contribution in [3.05, 3.63) is 42.1 Å². The molecule has 1 aliphatic heterocycles. The molecular weight excluding hydrogens is 292 g/mol. The van der Waals surface area contributed by atoms with Crippen molar-refractivity contribution in [3.63, 3.8) is 0 Å². The van der Waals surface area contributed by atoms with Crippen LogP contribution in [0.2, 0.25) is 0 Å². The van der Waals surface area contributed by atoms with Crippen LogP contribution >= 0.6 is 0 Å². The van der Waals surface area contributed by atoms with Gasteiger partial charge in [0, 0.05) is 45.3 Å². The maximum Gasteiger partial charge on any atom is 0.323 e. The van der Waals surface area contributed by atoms with Crippen molar-refractivity contribution in [1.29, 1.82) is 0 Å². The maximum absolute atomic E-state index is 12.5. The lowest BCUT2D eigenvalue weighted by molar-refractivity contribution is 0.110. The van der Waals surface area contributed by atoms with Gasteiger partial charge in [0.15, 0.2) is 0 Å². The van der Waals surface area contributed by atoms with Gasteiger partial charge in [-0.1, -0.05) is 0 Å². The predicted molar refractivity (Wildman–Crippen MR) is 88.1 cm³/mol. The fourth-order valence-electron chi connectivity index (χ4n) is 2.83. The molecule has 1 N–H and O–H groups in total. The number of imidazole rings is 1. The van der Waals surface area contributed by atoms with E-state index in [2.05, 4.69) is 27.2 Å². The Morgan fingerprint density at radius 2 is 2.09 bits per heavy atom. The topological polar surface area (TPSA) is 66.3 Å². The van der Waals surface area contributed by atoms with Crippen LogP contribution in [0.4, 0.5) is 10.6 Å². The summed E-state index contributed by atoms with van der Waals surface area (Å²) in [6, 6.07) is 3.75. The first-order valence-corrected chi connectivity index (χ1v) is 7.70. The van der Waals surface area contributed by atoms with E-state index in [-0.39, 0.29) is 12.1 Å². The van der Waals surface area contributed by atoms with Gasteiger partial charge in [0.05, 0.1) is 6.04 Å². The number of nitrogens with one attached hydrogen (secondary N) is 1. The molecule has 0 aromatic carbocycles. The number of rotatable bonds is 2. The molecule has 1 aliphatic rings. The number of anilines is 1. The number of pyridine rings is 1.